The van der Waals surface area contributed by atoms with Gasteiger partial charge >= 0.3 is 0 Å². The standard InChI is InChI=1S/C16H23N3O/c1-12-14(11-13-5-3-4-6-15(13)17-12)16(20)19-9-7-18(2)8-10-19/h3-6,12,14,17H,7-11H2,1-2H3. The summed E-state index contributed by atoms with van der Waals surface area (Å²) in [5.74, 6) is 0.376. The molecule has 1 fully saturated rings. The summed E-state index contributed by atoms with van der Waals surface area (Å²) in [6, 6.07) is 8.52. The second-order valence-corrected chi connectivity index (χ2v) is 6.03. The molecule has 0 spiro atoms. The van der Waals surface area contributed by atoms with Gasteiger partial charge in [0, 0.05) is 37.9 Å². The van der Waals surface area contributed by atoms with Gasteiger partial charge in [-0.05, 0) is 32.0 Å². The fraction of sp³-hybridized carbons (Fsp3) is 0.562. The highest BCUT2D eigenvalue weighted by Gasteiger charge is 2.34. The summed E-state index contributed by atoms with van der Waals surface area (Å²) >= 11 is 0. The van der Waals surface area contributed by atoms with Gasteiger partial charge < -0.3 is 15.1 Å². The molecule has 2 heterocycles. The molecular weight excluding hydrogens is 250 g/mol. The maximum absolute atomic E-state index is 12.7. The molecule has 4 heteroatoms. The first kappa shape index (κ1) is 13.4. The Balaban J connectivity index is 1.72. The minimum Gasteiger partial charge on any atom is -0.382 e. The molecule has 2 unspecified atom stereocenters. The number of piperazine rings is 1. The van der Waals surface area contributed by atoms with Gasteiger partial charge in [-0.1, -0.05) is 18.2 Å². The maximum atomic E-state index is 12.7. The zero-order chi connectivity index (χ0) is 14.1. The van der Waals surface area contributed by atoms with Gasteiger partial charge in [0.05, 0.1) is 5.92 Å². The van der Waals surface area contributed by atoms with Crippen LogP contribution in [0.1, 0.15) is 12.5 Å². The molecule has 1 aromatic carbocycles. The lowest BCUT2D eigenvalue weighted by Gasteiger charge is -2.38. The van der Waals surface area contributed by atoms with Crippen molar-refractivity contribution in [2.75, 3.05) is 38.5 Å². The molecule has 0 bridgehead atoms. The van der Waals surface area contributed by atoms with E-state index in [1.54, 1.807) is 0 Å². The summed E-state index contributed by atoms with van der Waals surface area (Å²) in [4.78, 5) is 17.1. The number of amides is 1. The van der Waals surface area contributed by atoms with Gasteiger partial charge in [0.1, 0.15) is 0 Å². The molecule has 0 aromatic heterocycles. The summed E-state index contributed by atoms with van der Waals surface area (Å²) in [5, 5.41) is 3.48. The highest BCUT2D eigenvalue weighted by atomic mass is 16.2. The molecule has 0 aliphatic carbocycles. The molecule has 0 saturated carbocycles. The number of fused-ring (bicyclic) bond motifs is 1. The van der Waals surface area contributed by atoms with E-state index >= 15 is 0 Å². The predicted octanol–water partition coefficient (Wildman–Crippen LogP) is 1.43. The number of nitrogens with one attached hydrogen (secondary N) is 1. The van der Waals surface area contributed by atoms with Crippen LogP contribution in [0.2, 0.25) is 0 Å². The van der Waals surface area contributed by atoms with Crippen LogP contribution in [0.3, 0.4) is 0 Å². The van der Waals surface area contributed by atoms with E-state index in [1.165, 1.54) is 11.3 Å². The molecule has 1 N–H and O–H groups in total. The minimum atomic E-state index is 0.0632. The number of para-hydroxylation sites is 1. The zero-order valence-corrected chi connectivity index (χ0v) is 12.3. The van der Waals surface area contributed by atoms with Gasteiger partial charge in [0.2, 0.25) is 5.91 Å². The van der Waals surface area contributed by atoms with Crippen LogP contribution in [0.15, 0.2) is 24.3 Å². The fourth-order valence-electron chi connectivity index (χ4n) is 3.16. The quantitative estimate of drug-likeness (QED) is 0.841. The summed E-state index contributed by atoms with van der Waals surface area (Å²) in [6.07, 6.45) is 0.857. The molecule has 1 aromatic rings. The molecule has 0 radical (unpaired) electrons. The number of carbonyl (C=O) groups is 1. The van der Waals surface area contributed by atoms with E-state index in [9.17, 15) is 4.79 Å². The molecule has 2 aliphatic rings. The van der Waals surface area contributed by atoms with Crippen molar-refractivity contribution in [3.63, 3.8) is 0 Å². The van der Waals surface area contributed by atoms with Gasteiger partial charge in [0.25, 0.3) is 0 Å². The van der Waals surface area contributed by atoms with Crippen molar-refractivity contribution in [1.29, 1.82) is 0 Å². The van der Waals surface area contributed by atoms with E-state index < -0.39 is 0 Å². The first-order chi connectivity index (χ1) is 9.65. The Hall–Kier alpha value is -1.55. The summed E-state index contributed by atoms with van der Waals surface area (Å²) < 4.78 is 0. The highest BCUT2D eigenvalue weighted by molar-refractivity contribution is 5.81. The second kappa shape index (κ2) is 5.44. The Kier molecular flexibility index (Phi) is 3.66. The summed E-state index contributed by atoms with van der Waals surface area (Å²) in [5.41, 5.74) is 2.44. The lowest BCUT2D eigenvalue weighted by molar-refractivity contribution is -0.137. The highest BCUT2D eigenvalue weighted by Crippen LogP contribution is 2.29. The fourth-order valence-corrected chi connectivity index (χ4v) is 3.16. The van der Waals surface area contributed by atoms with Gasteiger partial charge in [-0.15, -0.1) is 0 Å². The maximum Gasteiger partial charge on any atom is 0.228 e. The lowest BCUT2D eigenvalue weighted by Crippen LogP contribution is -2.52. The largest absolute Gasteiger partial charge is 0.382 e. The number of anilines is 1. The average Bonchev–Trinajstić information content (AvgIpc) is 2.46. The SMILES string of the molecule is CC1Nc2ccccc2CC1C(=O)N1CCN(C)CC1. The van der Waals surface area contributed by atoms with Crippen LogP contribution < -0.4 is 5.32 Å². The molecule has 3 rings (SSSR count). The van der Waals surface area contributed by atoms with Crippen molar-refractivity contribution in [2.45, 2.75) is 19.4 Å². The number of nitrogens with zero attached hydrogens (tertiary/aromatic N) is 2. The van der Waals surface area contributed by atoms with E-state index in [4.69, 9.17) is 0 Å². The van der Waals surface area contributed by atoms with Crippen molar-refractivity contribution in [2.24, 2.45) is 5.92 Å². The number of benzene rings is 1. The Morgan fingerprint density at radius 1 is 1.20 bits per heavy atom. The number of likely N-dealkylation sites (N-methyl/N-ethyl adjacent to an activating group) is 1. The molecular formula is C16H23N3O. The normalized spacial score (nSPS) is 26.8. The molecule has 2 atom stereocenters. The summed E-state index contributed by atoms with van der Waals surface area (Å²) in [6.45, 7) is 5.81. The minimum absolute atomic E-state index is 0.0632. The van der Waals surface area contributed by atoms with Crippen LogP contribution in [-0.2, 0) is 11.2 Å². The van der Waals surface area contributed by atoms with E-state index in [0.717, 1.165) is 32.6 Å². The number of hydrogen-bond acceptors (Lipinski definition) is 3. The third kappa shape index (κ3) is 2.52. The molecule has 2 aliphatic heterocycles. The topological polar surface area (TPSA) is 35.6 Å². The van der Waals surface area contributed by atoms with Crippen LogP contribution in [-0.4, -0.2) is 55.0 Å². The number of rotatable bonds is 1. The molecule has 4 nitrogen and oxygen atoms in total. The lowest BCUT2D eigenvalue weighted by atomic mass is 9.87. The third-order valence-corrected chi connectivity index (χ3v) is 4.58. The van der Waals surface area contributed by atoms with E-state index in [2.05, 4.69) is 36.3 Å². The van der Waals surface area contributed by atoms with Crippen molar-refractivity contribution in [1.82, 2.24) is 9.80 Å². The van der Waals surface area contributed by atoms with Gasteiger partial charge in [-0.3, -0.25) is 4.79 Å². The zero-order valence-electron chi connectivity index (χ0n) is 12.3. The van der Waals surface area contributed by atoms with Crippen LogP contribution in [0.25, 0.3) is 0 Å². The first-order valence-electron chi connectivity index (χ1n) is 7.47. The molecule has 1 amide bonds. The Bertz CT molecular complexity index is 494. The van der Waals surface area contributed by atoms with E-state index in [1.807, 2.05) is 17.0 Å². The number of hydrogen-bond donors (Lipinski definition) is 1. The van der Waals surface area contributed by atoms with Gasteiger partial charge in [-0.2, -0.15) is 0 Å². The molecule has 108 valence electrons. The van der Waals surface area contributed by atoms with E-state index in [0.29, 0.717) is 5.91 Å². The Morgan fingerprint density at radius 2 is 1.90 bits per heavy atom. The van der Waals surface area contributed by atoms with E-state index in [-0.39, 0.29) is 12.0 Å². The average molecular weight is 273 g/mol. The van der Waals surface area contributed by atoms with Crippen LogP contribution >= 0.6 is 0 Å². The molecule has 20 heavy (non-hydrogen) atoms. The second-order valence-electron chi connectivity index (χ2n) is 6.03. The smallest absolute Gasteiger partial charge is 0.228 e. The summed E-state index contributed by atoms with van der Waals surface area (Å²) in [7, 11) is 2.11. The van der Waals surface area contributed by atoms with Crippen LogP contribution in [0, 0.1) is 5.92 Å². The monoisotopic (exact) mass is 273 g/mol. The molecule has 1 saturated heterocycles. The number of carbonyl (C=O) groups excluding carboxylic acids is 1. The van der Waals surface area contributed by atoms with Crippen molar-refractivity contribution in [3.8, 4) is 0 Å². The van der Waals surface area contributed by atoms with Crippen molar-refractivity contribution in [3.05, 3.63) is 29.8 Å². The Labute approximate surface area is 120 Å². The van der Waals surface area contributed by atoms with Gasteiger partial charge in [-0.25, -0.2) is 0 Å². The predicted molar refractivity (Wildman–Crippen MR) is 80.8 cm³/mol. The van der Waals surface area contributed by atoms with Crippen LogP contribution in [0.4, 0.5) is 5.69 Å². The van der Waals surface area contributed by atoms with Crippen molar-refractivity contribution < 1.29 is 4.79 Å². The van der Waals surface area contributed by atoms with Gasteiger partial charge in [0.15, 0.2) is 0 Å². The van der Waals surface area contributed by atoms with Crippen LogP contribution in [0.5, 0.6) is 0 Å². The Morgan fingerprint density at radius 3 is 2.65 bits per heavy atom. The van der Waals surface area contributed by atoms with Crippen molar-refractivity contribution >= 4 is 11.6 Å². The third-order valence-electron chi connectivity index (χ3n) is 4.58. The first-order valence-corrected chi connectivity index (χ1v) is 7.47.